The highest BCUT2D eigenvalue weighted by molar-refractivity contribution is 5.97. The van der Waals surface area contributed by atoms with E-state index < -0.39 is 11.7 Å². The van der Waals surface area contributed by atoms with Crippen LogP contribution >= 0.6 is 0 Å². The first kappa shape index (κ1) is 15.1. The third-order valence-corrected chi connectivity index (χ3v) is 2.92. The van der Waals surface area contributed by atoms with Crippen molar-refractivity contribution in [3.63, 3.8) is 0 Å². The lowest BCUT2D eigenvalue weighted by Crippen LogP contribution is -2.13. The van der Waals surface area contributed by atoms with Gasteiger partial charge in [-0.15, -0.1) is 10.2 Å². The standard InChI is InChI=1S/C13H13F3N4O/c1-3-12(21)11-5-4-10(13(14,15)16)6-9(11)7-20-18-8(2)17-19-20/h4-6H,3,7H2,1-2H3. The highest BCUT2D eigenvalue weighted by Crippen LogP contribution is 2.31. The minimum absolute atomic E-state index is 0.0359. The molecule has 2 rings (SSSR count). The number of alkyl halides is 3. The number of aromatic nitrogens is 4. The summed E-state index contributed by atoms with van der Waals surface area (Å²) in [6.07, 6.45) is -4.25. The fraction of sp³-hybridized carbons (Fsp3) is 0.385. The summed E-state index contributed by atoms with van der Waals surface area (Å²) < 4.78 is 38.4. The van der Waals surface area contributed by atoms with Crippen molar-refractivity contribution in [1.29, 1.82) is 0 Å². The molecule has 8 heteroatoms. The van der Waals surface area contributed by atoms with Gasteiger partial charge in [0.25, 0.3) is 0 Å². The Balaban J connectivity index is 2.45. The van der Waals surface area contributed by atoms with Gasteiger partial charge in [-0.05, 0) is 29.8 Å². The van der Waals surface area contributed by atoms with Gasteiger partial charge in [-0.1, -0.05) is 13.0 Å². The van der Waals surface area contributed by atoms with Crippen molar-refractivity contribution in [3.05, 3.63) is 40.7 Å². The number of aryl methyl sites for hydroxylation is 1. The van der Waals surface area contributed by atoms with Crippen LogP contribution in [0.3, 0.4) is 0 Å². The summed E-state index contributed by atoms with van der Waals surface area (Å²) >= 11 is 0. The first-order chi connectivity index (χ1) is 9.81. The van der Waals surface area contributed by atoms with E-state index >= 15 is 0 Å². The molecule has 1 aromatic heterocycles. The van der Waals surface area contributed by atoms with Crippen LogP contribution in [0.15, 0.2) is 18.2 Å². The van der Waals surface area contributed by atoms with E-state index in [-0.39, 0.29) is 29.9 Å². The van der Waals surface area contributed by atoms with Crippen LogP contribution in [0.5, 0.6) is 0 Å². The van der Waals surface area contributed by atoms with Gasteiger partial charge in [0.2, 0.25) is 0 Å². The second kappa shape index (κ2) is 5.63. The molecule has 0 aliphatic heterocycles. The van der Waals surface area contributed by atoms with Crippen LogP contribution in [-0.2, 0) is 12.7 Å². The van der Waals surface area contributed by atoms with E-state index in [1.165, 1.54) is 6.07 Å². The van der Waals surface area contributed by atoms with Gasteiger partial charge in [0.1, 0.15) is 0 Å². The Morgan fingerprint density at radius 3 is 2.57 bits per heavy atom. The Morgan fingerprint density at radius 1 is 1.33 bits per heavy atom. The molecule has 5 nitrogen and oxygen atoms in total. The summed E-state index contributed by atoms with van der Waals surface area (Å²) in [7, 11) is 0. The van der Waals surface area contributed by atoms with E-state index in [0.29, 0.717) is 5.82 Å². The summed E-state index contributed by atoms with van der Waals surface area (Å²) in [4.78, 5) is 13.0. The molecule has 0 aliphatic rings. The van der Waals surface area contributed by atoms with Crippen molar-refractivity contribution >= 4 is 5.78 Å². The number of benzene rings is 1. The van der Waals surface area contributed by atoms with Crippen molar-refractivity contribution in [2.75, 3.05) is 0 Å². The summed E-state index contributed by atoms with van der Waals surface area (Å²) in [5.74, 6) is 0.181. The molecule has 1 heterocycles. The van der Waals surface area contributed by atoms with E-state index in [4.69, 9.17) is 0 Å². The average molecular weight is 298 g/mol. The lowest BCUT2D eigenvalue weighted by molar-refractivity contribution is -0.137. The van der Waals surface area contributed by atoms with Crippen LogP contribution in [0.25, 0.3) is 0 Å². The number of hydrogen-bond donors (Lipinski definition) is 0. The molecule has 0 aliphatic carbocycles. The molecule has 1 aromatic carbocycles. The van der Waals surface area contributed by atoms with Gasteiger partial charge in [0.15, 0.2) is 11.6 Å². The molecule has 0 bridgehead atoms. The molecule has 0 radical (unpaired) electrons. The van der Waals surface area contributed by atoms with Gasteiger partial charge >= 0.3 is 6.18 Å². The zero-order valence-corrected chi connectivity index (χ0v) is 11.5. The lowest BCUT2D eigenvalue weighted by Gasteiger charge is -2.12. The number of tetrazole rings is 1. The van der Waals surface area contributed by atoms with E-state index in [0.717, 1.165) is 16.9 Å². The van der Waals surface area contributed by atoms with Crippen molar-refractivity contribution < 1.29 is 18.0 Å². The number of halogens is 3. The molecule has 0 amide bonds. The molecule has 0 fully saturated rings. The van der Waals surface area contributed by atoms with Crippen molar-refractivity contribution in [3.8, 4) is 0 Å². The summed E-state index contributed by atoms with van der Waals surface area (Å²) in [6, 6.07) is 3.07. The van der Waals surface area contributed by atoms with Crippen molar-refractivity contribution in [1.82, 2.24) is 20.2 Å². The molecule has 0 atom stereocenters. The smallest absolute Gasteiger partial charge is 0.294 e. The van der Waals surface area contributed by atoms with Crippen LogP contribution in [0.2, 0.25) is 0 Å². The molecular formula is C13H13F3N4O. The molecule has 0 unspecified atom stereocenters. The monoisotopic (exact) mass is 298 g/mol. The zero-order valence-electron chi connectivity index (χ0n) is 11.5. The quantitative estimate of drug-likeness (QED) is 0.814. The maximum Gasteiger partial charge on any atom is 0.416 e. The number of carbonyl (C=O) groups is 1. The van der Waals surface area contributed by atoms with Crippen LogP contribution in [0.1, 0.15) is 40.7 Å². The molecule has 0 N–H and O–H groups in total. The Labute approximate surface area is 118 Å². The number of nitrogens with zero attached hydrogens (tertiary/aromatic N) is 4. The van der Waals surface area contributed by atoms with Gasteiger partial charge in [-0.2, -0.15) is 18.0 Å². The van der Waals surface area contributed by atoms with Gasteiger partial charge < -0.3 is 0 Å². The summed E-state index contributed by atoms with van der Waals surface area (Å²) in [6.45, 7) is 3.24. The van der Waals surface area contributed by atoms with Crippen molar-refractivity contribution in [2.45, 2.75) is 33.0 Å². The van der Waals surface area contributed by atoms with E-state index in [1.54, 1.807) is 13.8 Å². The molecule has 2 aromatic rings. The first-order valence-corrected chi connectivity index (χ1v) is 6.29. The van der Waals surface area contributed by atoms with E-state index in [9.17, 15) is 18.0 Å². The van der Waals surface area contributed by atoms with Crippen LogP contribution < -0.4 is 0 Å². The van der Waals surface area contributed by atoms with E-state index in [2.05, 4.69) is 15.4 Å². The predicted octanol–water partition coefficient (Wildman–Crippen LogP) is 2.64. The van der Waals surface area contributed by atoms with Gasteiger partial charge in [-0.25, -0.2) is 0 Å². The minimum atomic E-state index is -4.46. The maximum absolute atomic E-state index is 12.8. The third kappa shape index (κ3) is 3.45. The fourth-order valence-corrected chi connectivity index (χ4v) is 1.91. The minimum Gasteiger partial charge on any atom is -0.294 e. The van der Waals surface area contributed by atoms with Gasteiger partial charge in [0, 0.05) is 12.0 Å². The number of rotatable bonds is 4. The average Bonchev–Trinajstić information content (AvgIpc) is 2.82. The Kier molecular flexibility index (Phi) is 4.06. The Bertz CT molecular complexity index is 664. The summed E-state index contributed by atoms with van der Waals surface area (Å²) in [5, 5.41) is 11.3. The third-order valence-electron chi connectivity index (χ3n) is 2.92. The lowest BCUT2D eigenvalue weighted by atomic mass is 9.99. The van der Waals surface area contributed by atoms with Crippen LogP contribution in [0.4, 0.5) is 13.2 Å². The molecule has 0 saturated heterocycles. The molecule has 21 heavy (non-hydrogen) atoms. The topological polar surface area (TPSA) is 60.7 Å². The Morgan fingerprint density at radius 2 is 2.05 bits per heavy atom. The van der Waals surface area contributed by atoms with Gasteiger partial charge in [-0.3, -0.25) is 4.79 Å². The normalized spacial score (nSPS) is 11.7. The second-order valence-corrected chi connectivity index (χ2v) is 4.51. The molecule has 0 spiro atoms. The number of ketones is 1. The van der Waals surface area contributed by atoms with E-state index in [1.807, 2.05) is 0 Å². The second-order valence-electron chi connectivity index (χ2n) is 4.51. The number of carbonyl (C=O) groups excluding carboxylic acids is 1. The maximum atomic E-state index is 12.8. The molecular weight excluding hydrogens is 285 g/mol. The largest absolute Gasteiger partial charge is 0.416 e. The zero-order chi connectivity index (χ0) is 15.6. The van der Waals surface area contributed by atoms with Crippen LogP contribution in [-0.4, -0.2) is 26.0 Å². The number of hydrogen-bond acceptors (Lipinski definition) is 4. The SMILES string of the molecule is CCC(=O)c1ccc(C(F)(F)F)cc1Cn1nnc(C)n1. The Hall–Kier alpha value is -2.25. The van der Waals surface area contributed by atoms with Crippen molar-refractivity contribution in [2.24, 2.45) is 0 Å². The fourth-order valence-electron chi connectivity index (χ4n) is 1.91. The predicted molar refractivity (Wildman–Crippen MR) is 67.7 cm³/mol. The van der Waals surface area contributed by atoms with Gasteiger partial charge in [0.05, 0.1) is 12.1 Å². The highest BCUT2D eigenvalue weighted by Gasteiger charge is 2.31. The summed E-state index contributed by atoms with van der Waals surface area (Å²) in [5.41, 5.74) is -0.323. The number of Topliss-reactive ketones (excluding diaryl/α,β-unsaturated/α-hetero) is 1. The molecule has 0 saturated carbocycles. The van der Waals surface area contributed by atoms with Crippen LogP contribution in [0, 0.1) is 6.92 Å². The first-order valence-electron chi connectivity index (χ1n) is 6.29. The molecule has 112 valence electrons. The highest BCUT2D eigenvalue weighted by atomic mass is 19.4.